The van der Waals surface area contributed by atoms with Gasteiger partial charge in [-0.2, -0.15) is 0 Å². The van der Waals surface area contributed by atoms with Crippen LogP contribution in [0.5, 0.6) is 0 Å². The summed E-state index contributed by atoms with van der Waals surface area (Å²) >= 11 is 0. The van der Waals surface area contributed by atoms with E-state index in [0.29, 0.717) is 24.0 Å². The summed E-state index contributed by atoms with van der Waals surface area (Å²) in [5.41, 5.74) is 4.87. The average molecular weight is 371 g/mol. The van der Waals surface area contributed by atoms with Crippen molar-refractivity contribution in [1.82, 2.24) is 0 Å². The van der Waals surface area contributed by atoms with E-state index in [1.54, 1.807) is 16.7 Å². The molecule has 1 spiro atoms. The topological polar surface area (TPSA) is 35.5 Å². The number of allylic oxidation sites excluding steroid dienone is 3. The molecule has 1 saturated carbocycles. The molecule has 0 aromatic heterocycles. The van der Waals surface area contributed by atoms with Crippen molar-refractivity contribution in [3.63, 3.8) is 0 Å². The number of hydrogen-bond donors (Lipinski definition) is 0. The van der Waals surface area contributed by atoms with E-state index in [4.69, 9.17) is 9.47 Å². The second-order valence-corrected chi connectivity index (χ2v) is 10.0. The number of hydrogen-bond acceptors (Lipinski definition) is 3. The minimum atomic E-state index is -0.311. The number of rotatable bonds is 2. The highest BCUT2D eigenvalue weighted by atomic mass is 16.7. The van der Waals surface area contributed by atoms with Crippen LogP contribution in [0.1, 0.15) is 78.6 Å². The van der Waals surface area contributed by atoms with Crippen LogP contribution in [-0.2, 0) is 14.3 Å². The van der Waals surface area contributed by atoms with Crippen LogP contribution < -0.4 is 0 Å². The van der Waals surface area contributed by atoms with Gasteiger partial charge in [0.2, 0.25) is 0 Å². The van der Waals surface area contributed by atoms with E-state index < -0.39 is 0 Å². The fraction of sp³-hybridized carbons (Fsp3) is 0.792. The first-order chi connectivity index (χ1) is 12.9. The normalized spacial score (nSPS) is 42.6. The molecule has 1 aliphatic heterocycles. The molecule has 3 heteroatoms. The second-order valence-electron chi connectivity index (χ2n) is 10.0. The molecule has 0 bridgehead atoms. The van der Waals surface area contributed by atoms with E-state index in [-0.39, 0.29) is 16.6 Å². The molecule has 148 valence electrons. The average Bonchev–Trinajstić information content (AvgIpc) is 3.23. The van der Waals surface area contributed by atoms with Crippen molar-refractivity contribution in [1.29, 1.82) is 0 Å². The number of ether oxygens (including phenoxy) is 2. The molecule has 0 aromatic carbocycles. The van der Waals surface area contributed by atoms with Gasteiger partial charge in [0.15, 0.2) is 5.79 Å². The Bertz CT molecular complexity index is 726. The van der Waals surface area contributed by atoms with E-state index in [1.165, 1.54) is 19.3 Å². The first kappa shape index (κ1) is 18.1. The number of Topliss-reactive ketones (excluding diaryl/α,β-unsaturated/α-hetero) is 1. The maximum absolute atomic E-state index is 12.9. The molecule has 1 heterocycles. The number of carbonyl (C=O) groups is 1. The number of ketones is 1. The van der Waals surface area contributed by atoms with Gasteiger partial charge in [-0.05, 0) is 66.9 Å². The van der Waals surface area contributed by atoms with E-state index in [1.807, 2.05) is 6.92 Å². The molecule has 2 fully saturated rings. The van der Waals surface area contributed by atoms with E-state index in [2.05, 4.69) is 19.9 Å². The first-order valence-electron chi connectivity index (χ1n) is 11.1. The number of fused-ring (bicyclic) bond motifs is 4. The van der Waals surface area contributed by atoms with Gasteiger partial charge in [-0.3, -0.25) is 4.79 Å². The SMILES string of the molecule is CCC(=O)[C@@]1(C)CC[C@H]2[C@@H]3CCC4=C(CCC5(C4)OCCO5)C3=CC[C@@]21C. The minimum Gasteiger partial charge on any atom is -0.347 e. The predicted octanol–water partition coefficient (Wildman–Crippen LogP) is 5.35. The van der Waals surface area contributed by atoms with Crippen LogP contribution in [0.3, 0.4) is 0 Å². The summed E-state index contributed by atoms with van der Waals surface area (Å²) < 4.78 is 12.0. The van der Waals surface area contributed by atoms with Crippen molar-refractivity contribution >= 4 is 5.78 Å². The standard InChI is InChI=1S/C24H34O3/c1-4-21(25)23(3)11-9-20-19-6-5-16-15-24(26-13-14-27-24)12-8-17(16)18(19)7-10-22(20,23)2/h7,19-20H,4-6,8-15H2,1-3H3/t19-,20+,22+,23-/m1/s1. The van der Waals surface area contributed by atoms with Crippen molar-refractivity contribution in [2.75, 3.05) is 13.2 Å². The highest BCUT2D eigenvalue weighted by molar-refractivity contribution is 5.85. The van der Waals surface area contributed by atoms with Crippen molar-refractivity contribution in [3.8, 4) is 0 Å². The highest BCUT2D eigenvalue weighted by Crippen LogP contribution is 2.66. The van der Waals surface area contributed by atoms with Crippen LogP contribution in [0, 0.1) is 22.7 Å². The molecule has 4 aliphatic carbocycles. The quantitative estimate of drug-likeness (QED) is 0.657. The lowest BCUT2D eigenvalue weighted by molar-refractivity contribution is -0.164. The molecule has 4 atom stereocenters. The van der Waals surface area contributed by atoms with Crippen molar-refractivity contribution in [3.05, 3.63) is 22.8 Å². The molecule has 0 unspecified atom stereocenters. The van der Waals surface area contributed by atoms with Crippen LogP contribution in [0.25, 0.3) is 0 Å². The molecular weight excluding hydrogens is 336 g/mol. The molecule has 3 nitrogen and oxygen atoms in total. The Morgan fingerprint density at radius 3 is 2.67 bits per heavy atom. The second kappa shape index (κ2) is 6.03. The molecule has 5 aliphatic rings. The molecule has 0 N–H and O–H groups in total. The maximum atomic E-state index is 12.9. The highest BCUT2D eigenvalue weighted by Gasteiger charge is 2.61. The van der Waals surface area contributed by atoms with E-state index in [0.717, 1.165) is 45.3 Å². The molecule has 5 rings (SSSR count). The van der Waals surface area contributed by atoms with Gasteiger partial charge in [0.1, 0.15) is 5.78 Å². The summed E-state index contributed by atoms with van der Waals surface area (Å²) in [6.45, 7) is 8.23. The van der Waals surface area contributed by atoms with Crippen molar-refractivity contribution < 1.29 is 14.3 Å². The molecule has 0 amide bonds. The Kier molecular flexibility index (Phi) is 4.05. The van der Waals surface area contributed by atoms with Crippen LogP contribution in [0.4, 0.5) is 0 Å². The van der Waals surface area contributed by atoms with Crippen LogP contribution in [0.2, 0.25) is 0 Å². The third-order valence-corrected chi connectivity index (χ3v) is 9.19. The van der Waals surface area contributed by atoms with Gasteiger partial charge in [-0.15, -0.1) is 0 Å². The third kappa shape index (κ3) is 2.37. The zero-order chi connectivity index (χ0) is 18.9. The molecule has 1 saturated heterocycles. The maximum Gasteiger partial charge on any atom is 0.172 e. The minimum absolute atomic E-state index is 0.134. The van der Waals surface area contributed by atoms with E-state index >= 15 is 0 Å². The van der Waals surface area contributed by atoms with Gasteiger partial charge < -0.3 is 9.47 Å². The zero-order valence-electron chi connectivity index (χ0n) is 17.2. The van der Waals surface area contributed by atoms with Crippen LogP contribution >= 0.6 is 0 Å². The Hall–Kier alpha value is -0.930. The Morgan fingerprint density at radius 2 is 1.93 bits per heavy atom. The Morgan fingerprint density at radius 1 is 1.15 bits per heavy atom. The molecule has 0 aromatic rings. The van der Waals surface area contributed by atoms with Gasteiger partial charge in [0.05, 0.1) is 13.2 Å². The first-order valence-corrected chi connectivity index (χ1v) is 11.1. The predicted molar refractivity (Wildman–Crippen MR) is 105 cm³/mol. The van der Waals surface area contributed by atoms with Gasteiger partial charge in [-0.1, -0.05) is 32.4 Å². The Balaban J connectivity index is 1.47. The third-order valence-electron chi connectivity index (χ3n) is 9.19. The fourth-order valence-corrected chi connectivity index (χ4v) is 7.39. The van der Waals surface area contributed by atoms with Crippen molar-refractivity contribution in [2.45, 2.75) is 84.3 Å². The van der Waals surface area contributed by atoms with Gasteiger partial charge in [-0.25, -0.2) is 0 Å². The van der Waals surface area contributed by atoms with Crippen LogP contribution in [0.15, 0.2) is 22.8 Å². The lowest BCUT2D eigenvalue weighted by Gasteiger charge is -2.51. The summed E-state index contributed by atoms with van der Waals surface area (Å²) in [5.74, 6) is 1.50. The summed E-state index contributed by atoms with van der Waals surface area (Å²) in [7, 11) is 0. The molecule has 0 radical (unpaired) electrons. The Labute approximate surface area is 163 Å². The summed E-state index contributed by atoms with van der Waals surface area (Å²) in [5, 5.41) is 0. The zero-order valence-corrected chi connectivity index (χ0v) is 17.2. The molecule has 27 heavy (non-hydrogen) atoms. The smallest absolute Gasteiger partial charge is 0.172 e. The van der Waals surface area contributed by atoms with Crippen molar-refractivity contribution in [2.24, 2.45) is 22.7 Å². The largest absolute Gasteiger partial charge is 0.347 e. The summed E-state index contributed by atoms with van der Waals surface area (Å²) in [6, 6.07) is 0. The lowest BCUT2D eigenvalue weighted by atomic mass is 9.52. The molecular formula is C24H34O3. The van der Waals surface area contributed by atoms with Gasteiger partial charge in [0.25, 0.3) is 0 Å². The monoisotopic (exact) mass is 370 g/mol. The van der Waals surface area contributed by atoms with Gasteiger partial charge in [0, 0.05) is 24.7 Å². The number of carbonyl (C=O) groups excluding carboxylic acids is 1. The summed E-state index contributed by atoms with van der Waals surface area (Å²) in [4.78, 5) is 12.9. The van der Waals surface area contributed by atoms with Gasteiger partial charge >= 0.3 is 0 Å². The fourth-order valence-electron chi connectivity index (χ4n) is 7.39. The van der Waals surface area contributed by atoms with Crippen LogP contribution in [-0.4, -0.2) is 24.8 Å². The summed E-state index contributed by atoms with van der Waals surface area (Å²) in [6.07, 6.45) is 12.1. The van der Waals surface area contributed by atoms with E-state index in [9.17, 15) is 4.79 Å². The lowest BCUT2D eigenvalue weighted by Crippen LogP contribution is -2.47.